The Morgan fingerprint density at radius 2 is 1.55 bits per heavy atom. The number of nitrogens with zero attached hydrogens (tertiary/aromatic N) is 1. The first-order valence-corrected chi connectivity index (χ1v) is 9.96. The van der Waals surface area contributed by atoms with Crippen LogP contribution in [-0.2, 0) is 5.54 Å². The fraction of sp³-hybridized carbons (Fsp3) is 0.240. The number of aromatic hydroxyl groups is 1. The number of carbonyl (C=O) groups is 1. The average Bonchev–Trinajstić information content (AvgIpc) is 2.97. The molecule has 29 heavy (non-hydrogen) atoms. The summed E-state index contributed by atoms with van der Waals surface area (Å²) in [4.78, 5) is 15.4. The van der Waals surface area contributed by atoms with Gasteiger partial charge in [0.2, 0.25) is 0 Å². The highest BCUT2D eigenvalue weighted by Crippen LogP contribution is 2.59. The van der Waals surface area contributed by atoms with Crippen LogP contribution in [0, 0.1) is 20.8 Å². The van der Waals surface area contributed by atoms with Gasteiger partial charge in [0.1, 0.15) is 22.8 Å². The first kappa shape index (κ1) is 17.8. The smallest absolute Gasteiger partial charge is 0.255 e. The maximum atomic E-state index is 13.5. The van der Waals surface area contributed by atoms with Gasteiger partial charge in [-0.15, -0.1) is 0 Å². The van der Waals surface area contributed by atoms with Crippen LogP contribution in [0.15, 0.2) is 48.5 Å². The average molecular weight is 385 g/mol. The molecule has 1 spiro atoms. The van der Waals surface area contributed by atoms with E-state index < -0.39 is 5.54 Å². The highest BCUT2D eigenvalue weighted by molar-refractivity contribution is 6.02. The van der Waals surface area contributed by atoms with Crippen molar-refractivity contribution in [1.29, 1.82) is 0 Å². The van der Waals surface area contributed by atoms with Crippen LogP contribution in [0.2, 0.25) is 0 Å². The zero-order valence-electron chi connectivity index (χ0n) is 17.0. The van der Waals surface area contributed by atoms with Gasteiger partial charge in [-0.1, -0.05) is 30.3 Å². The third kappa shape index (κ3) is 2.01. The van der Waals surface area contributed by atoms with Crippen LogP contribution in [0.5, 0.6) is 17.2 Å². The topological polar surface area (TPSA) is 49.8 Å². The van der Waals surface area contributed by atoms with Gasteiger partial charge >= 0.3 is 0 Å². The Hall–Kier alpha value is -3.27. The Balaban J connectivity index is 2.00. The number of aryl methyl sites for hydroxylation is 1. The number of benzene rings is 3. The molecule has 0 fully saturated rings. The first-order chi connectivity index (χ1) is 13.9. The third-order valence-corrected chi connectivity index (χ3v) is 6.55. The van der Waals surface area contributed by atoms with Crippen molar-refractivity contribution < 1.29 is 14.6 Å². The van der Waals surface area contributed by atoms with E-state index in [1.807, 2.05) is 56.0 Å². The maximum absolute atomic E-state index is 13.5. The Morgan fingerprint density at radius 3 is 2.28 bits per heavy atom. The zero-order chi connectivity index (χ0) is 20.5. The van der Waals surface area contributed by atoms with Gasteiger partial charge in [-0.3, -0.25) is 4.79 Å². The summed E-state index contributed by atoms with van der Waals surface area (Å²) in [6, 6.07) is 15.6. The van der Waals surface area contributed by atoms with Crippen LogP contribution in [0.3, 0.4) is 0 Å². The molecule has 0 aliphatic carbocycles. The van der Waals surface area contributed by atoms with E-state index in [2.05, 4.69) is 19.1 Å². The number of phenols is 1. The largest absolute Gasteiger partial charge is 0.508 e. The summed E-state index contributed by atoms with van der Waals surface area (Å²) < 4.78 is 6.43. The molecule has 0 saturated carbocycles. The molecule has 1 N–H and O–H groups in total. The molecule has 0 radical (unpaired) electrons. The molecule has 2 aliphatic rings. The Morgan fingerprint density at radius 1 is 0.897 bits per heavy atom. The van der Waals surface area contributed by atoms with Crippen molar-refractivity contribution in [3.05, 3.63) is 87.5 Å². The minimum absolute atomic E-state index is 0.0193. The summed E-state index contributed by atoms with van der Waals surface area (Å²) >= 11 is 0. The number of hydrogen-bond donors (Lipinski definition) is 1. The van der Waals surface area contributed by atoms with Crippen molar-refractivity contribution in [3.8, 4) is 17.2 Å². The first-order valence-electron chi connectivity index (χ1n) is 9.96. The molecule has 4 nitrogen and oxygen atoms in total. The summed E-state index contributed by atoms with van der Waals surface area (Å²) in [5.41, 5.74) is 5.62. The molecular formula is C25H23NO3. The number of fused-ring (bicyclic) bond motifs is 6. The number of rotatable bonds is 1. The van der Waals surface area contributed by atoms with Gasteiger partial charge in [-0.25, -0.2) is 0 Å². The molecule has 2 aliphatic heterocycles. The third-order valence-electron chi connectivity index (χ3n) is 6.55. The summed E-state index contributed by atoms with van der Waals surface area (Å²) in [5.74, 6) is 1.61. The van der Waals surface area contributed by atoms with Crippen LogP contribution in [0.1, 0.15) is 50.7 Å². The maximum Gasteiger partial charge on any atom is 0.255 e. The van der Waals surface area contributed by atoms with Crippen LogP contribution in [-0.4, -0.2) is 22.5 Å². The van der Waals surface area contributed by atoms with Gasteiger partial charge in [0.05, 0.1) is 0 Å². The van der Waals surface area contributed by atoms with Crippen LogP contribution in [0.4, 0.5) is 0 Å². The summed E-state index contributed by atoms with van der Waals surface area (Å²) in [6.07, 6.45) is 0. The van der Waals surface area contributed by atoms with Crippen LogP contribution >= 0.6 is 0 Å². The van der Waals surface area contributed by atoms with E-state index >= 15 is 0 Å². The normalized spacial score (nSPS) is 19.0. The van der Waals surface area contributed by atoms with Crippen molar-refractivity contribution in [2.45, 2.75) is 33.2 Å². The van der Waals surface area contributed by atoms with Gasteiger partial charge in [-0.2, -0.15) is 0 Å². The molecule has 4 heteroatoms. The molecule has 0 aromatic heterocycles. The fourth-order valence-electron chi connectivity index (χ4n) is 4.94. The molecular weight excluding hydrogens is 362 g/mol. The molecule has 0 saturated heterocycles. The monoisotopic (exact) mass is 385 g/mol. The molecule has 1 amide bonds. The summed E-state index contributed by atoms with van der Waals surface area (Å²) in [7, 11) is 0. The number of phenolic OH excluding ortho intramolecular Hbond substituents is 1. The molecule has 0 bridgehead atoms. The second kappa shape index (κ2) is 5.86. The predicted molar refractivity (Wildman–Crippen MR) is 112 cm³/mol. The Kier molecular flexibility index (Phi) is 3.60. The van der Waals surface area contributed by atoms with Crippen molar-refractivity contribution in [2.24, 2.45) is 0 Å². The van der Waals surface area contributed by atoms with E-state index in [1.165, 1.54) is 0 Å². The highest BCUT2D eigenvalue weighted by atomic mass is 16.5. The van der Waals surface area contributed by atoms with Crippen LogP contribution < -0.4 is 4.74 Å². The van der Waals surface area contributed by atoms with E-state index in [4.69, 9.17) is 4.74 Å². The van der Waals surface area contributed by atoms with Crippen molar-refractivity contribution in [1.82, 2.24) is 4.90 Å². The number of amides is 1. The SMILES string of the molecule is CCN1C(=O)c2ccccc2C12c1ccc(C)c(C)c1Oc1c2ccc(O)c1C. The van der Waals surface area contributed by atoms with Gasteiger partial charge in [0.25, 0.3) is 5.91 Å². The van der Waals surface area contributed by atoms with E-state index in [9.17, 15) is 9.90 Å². The molecule has 146 valence electrons. The second-order valence-corrected chi connectivity index (χ2v) is 7.88. The summed E-state index contributed by atoms with van der Waals surface area (Å²) in [5, 5.41) is 10.4. The molecule has 3 aromatic carbocycles. The Labute approximate surface area is 170 Å². The van der Waals surface area contributed by atoms with Crippen molar-refractivity contribution in [2.75, 3.05) is 6.54 Å². The van der Waals surface area contributed by atoms with E-state index in [1.54, 1.807) is 6.07 Å². The quantitative estimate of drug-likeness (QED) is 0.627. The lowest BCUT2D eigenvalue weighted by molar-refractivity contribution is 0.0679. The molecule has 5 rings (SSSR count). The number of ether oxygens (including phenoxy) is 1. The van der Waals surface area contributed by atoms with E-state index in [-0.39, 0.29) is 11.7 Å². The molecule has 1 unspecified atom stereocenters. The van der Waals surface area contributed by atoms with Crippen molar-refractivity contribution in [3.63, 3.8) is 0 Å². The highest BCUT2D eigenvalue weighted by Gasteiger charge is 2.56. The van der Waals surface area contributed by atoms with E-state index in [0.29, 0.717) is 17.9 Å². The summed E-state index contributed by atoms with van der Waals surface area (Å²) in [6.45, 7) is 8.52. The van der Waals surface area contributed by atoms with Crippen LogP contribution in [0.25, 0.3) is 0 Å². The van der Waals surface area contributed by atoms with Crippen molar-refractivity contribution >= 4 is 5.91 Å². The molecule has 3 aromatic rings. The van der Waals surface area contributed by atoms with Gasteiger partial charge in [-0.05, 0) is 62.6 Å². The lowest BCUT2D eigenvalue weighted by atomic mass is 9.73. The Bertz CT molecular complexity index is 1140. The predicted octanol–water partition coefficient (Wildman–Crippen LogP) is 5.19. The van der Waals surface area contributed by atoms with E-state index in [0.717, 1.165) is 39.1 Å². The van der Waals surface area contributed by atoms with Gasteiger partial charge in [0.15, 0.2) is 0 Å². The zero-order valence-corrected chi connectivity index (χ0v) is 17.0. The van der Waals surface area contributed by atoms with Gasteiger partial charge < -0.3 is 14.7 Å². The standard InChI is InChI=1S/C25H23NO3/c1-5-26-24(28)17-8-6-7-9-18(17)25(26)19-11-10-14(2)15(3)22(19)29-23-16(4)21(27)13-12-20(23)25/h6-13,27H,5H2,1-4H3. The molecule has 1 atom stereocenters. The second-order valence-electron chi connectivity index (χ2n) is 7.88. The number of carbonyl (C=O) groups excluding carboxylic acids is 1. The fourth-order valence-corrected chi connectivity index (χ4v) is 4.94. The molecule has 2 heterocycles. The van der Waals surface area contributed by atoms with Gasteiger partial charge in [0, 0.05) is 28.8 Å². The minimum Gasteiger partial charge on any atom is -0.508 e. The number of hydrogen-bond acceptors (Lipinski definition) is 3. The minimum atomic E-state index is -0.776. The lowest BCUT2D eigenvalue weighted by Gasteiger charge is -2.44. The lowest BCUT2D eigenvalue weighted by Crippen LogP contribution is -2.47.